The molecule has 0 aliphatic carbocycles. The zero-order valence-corrected chi connectivity index (χ0v) is 12.8. The average molecular weight is 315 g/mol. The molecule has 0 aliphatic heterocycles. The Hall–Kier alpha value is -3.20. The first kappa shape index (κ1) is 14.4. The van der Waals surface area contributed by atoms with Crippen molar-refractivity contribution < 1.29 is 4.39 Å². The number of hydrogen-bond donors (Lipinski definition) is 0. The van der Waals surface area contributed by atoms with E-state index in [2.05, 4.69) is 0 Å². The fourth-order valence-electron chi connectivity index (χ4n) is 2.94. The van der Waals surface area contributed by atoms with Crippen molar-refractivity contribution in [1.82, 2.24) is 4.57 Å². The van der Waals surface area contributed by atoms with E-state index in [0.717, 1.165) is 22.3 Å². The summed E-state index contributed by atoms with van der Waals surface area (Å²) in [6.45, 7) is 0. The molecule has 4 aromatic rings. The number of benzene rings is 3. The van der Waals surface area contributed by atoms with Crippen molar-refractivity contribution in [2.75, 3.05) is 0 Å². The van der Waals surface area contributed by atoms with Gasteiger partial charge >= 0.3 is 0 Å². The third-order valence-corrected chi connectivity index (χ3v) is 4.07. The molecule has 0 fully saturated rings. The summed E-state index contributed by atoms with van der Waals surface area (Å²) in [5.41, 5.74) is 2.25. The van der Waals surface area contributed by atoms with Crippen LogP contribution in [-0.4, -0.2) is 4.57 Å². The Bertz CT molecular complexity index is 1070. The highest BCUT2D eigenvalue weighted by Crippen LogP contribution is 2.25. The van der Waals surface area contributed by atoms with Gasteiger partial charge in [-0.05, 0) is 41.3 Å². The highest BCUT2D eigenvalue weighted by atomic mass is 19.1. The molecule has 1 heterocycles. The Kier molecular flexibility index (Phi) is 3.47. The van der Waals surface area contributed by atoms with Crippen LogP contribution in [0.3, 0.4) is 0 Å². The van der Waals surface area contributed by atoms with E-state index in [0.29, 0.717) is 5.39 Å². The summed E-state index contributed by atoms with van der Waals surface area (Å²) in [4.78, 5) is 13.1. The van der Waals surface area contributed by atoms with E-state index in [4.69, 9.17) is 0 Å². The summed E-state index contributed by atoms with van der Waals surface area (Å²) >= 11 is 0. The van der Waals surface area contributed by atoms with Crippen molar-refractivity contribution in [3.63, 3.8) is 0 Å². The minimum absolute atomic E-state index is 0.225. The van der Waals surface area contributed by atoms with Crippen molar-refractivity contribution >= 4 is 10.8 Å². The Morgan fingerprint density at radius 3 is 2.12 bits per heavy atom. The van der Waals surface area contributed by atoms with Crippen LogP contribution >= 0.6 is 0 Å². The maximum atomic E-state index is 13.6. The minimum atomic E-state index is -0.410. The number of para-hydroxylation sites is 1. The molecule has 0 spiro atoms. The standard InChI is InChI=1S/C21H14FNO/c22-17-12-11-16-13-20(15-7-3-1-4-8-15)23(21(24)19(16)14-17)18-9-5-2-6-10-18/h1-14H. The molecule has 0 atom stereocenters. The molecule has 0 radical (unpaired) electrons. The topological polar surface area (TPSA) is 22.0 Å². The van der Waals surface area contributed by atoms with Crippen LogP contribution in [0.1, 0.15) is 0 Å². The normalized spacial score (nSPS) is 10.9. The summed E-state index contributed by atoms with van der Waals surface area (Å²) in [7, 11) is 0. The second-order valence-electron chi connectivity index (χ2n) is 5.60. The van der Waals surface area contributed by atoms with Gasteiger partial charge in [-0.2, -0.15) is 0 Å². The van der Waals surface area contributed by atoms with Crippen molar-refractivity contribution in [3.8, 4) is 16.9 Å². The van der Waals surface area contributed by atoms with E-state index >= 15 is 0 Å². The van der Waals surface area contributed by atoms with Crippen LogP contribution in [0.2, 0.25) is 0 Å². The van der Waals surface area contributed by atoms with Gasteiger partial charge in [-0.25, -0.2) is 4.39 Å². The molecule has 0 aliphatic rings. The summed E-state index contributed by atoms with van der Waals surface area (Å²) in [6, 6.07) is 25.4. The molecular weight excluding hydrogens is 301 g/mol. The van der Waals surface area contributed by atoms with Gasteiger partial charge in [-0.1, -0.05) is 54.6 Å². The summed E-state index contributed by atoms with van der Waals surface area (Å²) < 4.78 is 15.3. The largest absolute Gasteiger partial charge is 0.276 e. The molecule has 2 nitrogen and oxygen atoms in total. The zero-order chi connectivity index (χ0) is 16.5. The number of rotatable bonds is 2. The van der Waals surface area contributed by atoms with Crippen LogP contribution in [0.5, 0.6) is 0 Å². The number of halogens is 1. The van der Waals surface area contributed by atoms with Crippen LogP contribution < -0.4 is 5.56 Å². The molecule has 0 unspecified atom stereocenters. The molecule has 3 aromatic carbocycles. The van der Waals surface area contributed by atoms with Crippen LogP contribution in [0, 0.1) is 5.82 Å². The van der Waals surface area contributed by atoms with E-state index in [1.54, 1.807) is 10.6 Å². The third-order valence-electron chi connectivity index (χ3n) is 4.07. The van der Waals surface area contributed by atoms with E-state index in [1.807, 2.05) is 66.7 Å². The summed E-state index contributed by atoms with van der Waals surface area (Å²) in [5, 5.41) is 1.10. The summed E-state index contributed by atoms with van der Waals surface area (Å²) in [6.07, 6.45) is 0. The number of hydrogen-bond acceptors (Lipinski definition) is 1. The van der Waals surface area contributed by atoms with Gasteiger partial charge in [0.1, 0.15) is 5.82 Å². The molecule has 0 N–H and O–H groups in total. The van der Waals surface area contributed by atoms with Gasteiger partial charge < -0.3 is 0 Å². The molecule has 0 saturated heterocycles. The van der Waals surface area contributed by atoms with Crippen molar-refractivity contribution in [3.05, 3.63) is 101 Å². The smallest absolute Gasteiger partial charge is 0.263 e. The molecule has 3 heteroatoms. The predicted octanol–water partition coefficient (Wildman–Crippen LogP) is 4.80. The minimum Gasteiger partial charge on any atom is -0.276 e. The van der Waals surface area contributed by atoms with E-state index in [9.17, 15) is 9.18 Å². The second kappa shape index (κ2) is 5.78. The van der Waals surface area contributed by atoms with Gasteiger partial charge in [0.2, 0.25) is 0 Å². The van der Waals surface area contributed by atoms with Gasteiger partial charge in [0.25, 0.3) is 5.56 Å². The fourth-order valence-corrected chi connectivity index (χ4v) is 2.94. The average Bonchev–Trinajstić information content (AvgIpc) is 2.63. The van der Waals surface area contributed by atoms with Gasteiger partial charge in [0, 0.05) is 5.69 Å². The molecule has 0 amide bonds. The van der Waals surface area contributed by atoms with E-state index in [-0.39, 0.29) is 5.56 Å². The Morgan fingerprint density at radius 2 is 1.42 bits per heavy atom. The van der Waals surface area contributed by atoms with Crippen molar-refractivity contribution in [1.29, 1.82) is 0 Å². The van der Waals surface area contributed by atoms with Crippen LogP contribution in [0.4, 0.5) is 4.39 Å². The first-order chi connectivity index (χ1) is 11.7. The molecule has 24 heavy (non-hydrogen) atoms. The Labute approximate surface area is 138 Å². The van der Waals surface area contributed by atoms with Gasteiger partial charge in [-0.15, -0.1) is 0 Å². The Morgan fingerprint density at radius 1 is 0.750 bits per heavy atom. The van der Waals surface area contributed by atoms with Crippen molar-refractivity contribution in [2.24, 2.45) is 0 Å². The highest BCUT2D eigenvalue weighted by molar-refractivity contribution is 5.86. The first-order valence-corrected chi connectivity index (χ1v) is 7.70. The van der Waals surface area contributed by atoms with Gasteiger partial charge in [-0.3, -0.25) is 9.36 Å². The zero-order valence-electron chi connectivity index (χ0n) is 12.8. The fraction of sp³-hybridized carbons (Fsp3) is 0. The molecule has 0 saturated carbocycles. The highest BCUT2D eigenvalue weighted by Gasteiger charge is 2.13. The van der Waals surface area contributed by atoms with E-state index < -0.39 is 5.82 Å². The maximum absolute atomic E-state index is 13.6. The second-order valence-corrected chi connectivity index (χ2v) is 5.60. The number of fused-ring (bicyclic) bond motifs is 1. The lowest BCUT2D eigenvalue weighted by atomic mass is 10.1. The van der Waals surface area contributed by atoms with Crippen LogP contribution in [0.15, 0.2) is 89.7 Å². The first-order valence-electron chi connectivity index (χ1n) is 7.70. The monoisotopic (exact) mass is 315 g/mol. The number of aromatic nitrogens is 1. The lowest BCUT2D eigenvalue weighted by Gasteiger charge is -2.15. The van der Waals surface area contributed by atoms with Crippen LogP contribution in [0.25, 0.3) is 27.7 Å². The quantitative estimate of drug-likeness (QED) is 0.521. The molecule has 1 aromatic heterocycles. The van der Waals surface area contributed by atoms with Crippen LogP contribution in [-0.2, 0) is 0 Å². The lowest BCUT2D eigenvalue weighted by Crippen LogP contribution is -2.20. The van der Waals surface area contributed by atoms with Gasteiger partial charge in [0.15, 0.2) is 0 Å². The summed E-state index contributed by atoms with van der Waals surface area (Å²) in [5.74, 6) is -0.410. The lowest BCUT2D eigenvalue weighted by molar-refractivity contribution is 0.629. The molecule has 0 bridgehead atoms. The maximum Gasteiger partial charge on any atom is 0.263 e. The number of nitrogens with zero attached hydrogens (tertiary/aromatic N) is 1. The van der Waals surface area contributed by atoms with Gasteiger partial charge in [0.05, 0.1) is 11.1 Å². The predicted molar refractivity (Wildman–Crippen MR) is 94.9 cm³/mol. The van der Waals surface area contributed by atoms with Crippen molar-refractivity contribution in [2.45, 2.75) is 0 Å². The molecular formula is C21H14FNO. The molecule has 4 rings (SSSR count). The van der Waals surface area contributed by atoms with E-state index in [1.165, 1.54) is 12.1 Å². The molecule has 116 valence electrons. The third kappa shape index (κ3) is 2.40. The Balaban J connectivity index is 2.14. The number of pyridine rings is 1. The SMILES string of the molecule is O=c1c2cc(F)ccc2cc(-c2ccccc2)n1-c1ccccc1.